The van der Waals surface area contributed by atoms with Gasteiger partial charge in [-0.05, 0) is 51.1 Å². The number of carbonyl (C=O) groups is 1. The first-order chi connectivity index (χ1) is 15.9. The number of aryl methyl sites for hydroxylation is 2. The van der Waals surface area contributed by atoms with Gasteiger partial charge < -0.3 is 14.6 Å². The minimum Gasteiger partial charge on any atom is -0.482 e. The average molecular weight is 497 g/mol. The highest BCUT2D eigenvalue weighted by molar-refractivity contribution is 7.92. The summed E-state index contributed by atoms with van der Waals surface area (Å²) in [6.45, 7) is 3.13. The molecule has 34 heavy (non-hydrogen) atoms. The molecule has 8 nitrogen and oxygen atoms in total. The molecular formula is C22H22F3N3O5S. The molecule has 3 rings (SSSR count). The average Bonchev–Trinajstić information content (AvgIpc) is 3.11. The first-order valence-electron chi connectivity index (χ1n) is 10.1. The van der Waals surface area contributed by atoms with E-state index in [1.165, 1.54) is 13.8 Å². The largest absolute Gasteiger partial charge is 0.482 e. The number of nitrogens with zero attached hydrogens (tertiary/aromatic N) is 2. The maximum atomic E-state index is 13.3. The Morgan fingerprint density at radius 2 is 1.82 bits per heavy atom. The third kappa shape index (κ3) is 5.50. The number of hydrogen-bond donors (Lipinski definition) is 1. The Labute approximate surface area is 194 Å². The first kappa shape index (κ1) is 25.1. The summed E-state index contributed by atoms with van der Waals surface area (Å²) >= 11 is 0. The van der Waals surface area contributed by atoms with Gasteiger partial charge in [-0.15, -0.1) is 0 Å². The van der Waals surface area contributed by atoms with Crippen molar-refractivity contribution < 1.29 is 35.6 Å². The number of benzene rings is 2. The molecule has 1 N–H and O–H groups in total. The minimum absolute atomic E-state index is 0.0782. The van der Waals surface area contributed by atoms with Crippen molar-refractivity contribution in [2.45, 2.75) is 31.8 Å². The molecule has 0 radical (unpaired) electrons. The molecule has 1 heterocycles. The molecular weight excluding hydrogens is 475 g/mol. The van der Waals surface area contributed by atoms with Crippen LogP contribution in [0.3, 0.4) is 0 Å². The van der Waals surface area contributed by atoms with Crippen molar-refractivity contribution in [2.24, 2.45) is 0 Å². The number of sulfonamides is 1. The monoisotopic (exact) mass is 497 g/mol. The van der Waals surface area contributed by atoms with Gasteiger partial charge in [-0.3, -0.25) is 9.10 Å². The van der Waals surface area contributed by atoms with Crippen molar-refractivity contribution in [3.05, 3.63) is 65.5 Å². The van der Waals surface area contributed by atoms with E-state index in [4.69, 9.17) is 9.26 Å². The molecule has 0 aliphatic heterocycles. The number of amides is 1. The number of carbonyl (C=O) groups excluding carboxylic acids is 1. The van der Waals surface area contributed by atoms with Gasteiger partial charge in [0.2, 0.25) is 0 Å². The van der Waals surface area contributed by atoms with Crippen LogP contribution in [-0.2, 0) is 10.0 Å². The first-order valence-corrected chi connectivity index (χ1v) is 11.5. The van der Waals surface area contributed by atoms with Crippen molar-refractivity contribution in [1.29, 1.82) is 0 Å². The van der Waals surface area contributed by atoms with E-state index in [1.54, 1.807) is 37.3 Å². The number of rotatable bonds is 8. The molecule has 0 bridgehead atoms. The highest BCUT2D eigenvalue weighted by atomic mass is 32.2. The molecule has 0 fully saturated rings. The van der Waals surface area contributed by atoms with E-state index in [2.05, 4.69) is 10.5 Å². The third-order valence-corrected chi connectivity index (χ3v) is 6.67. The molecule has 0 aliphatic carbocycles. The van der Waals surface area contributed by atoms with Crippen LogP contribution in [0, 0.1) is 13.8 Å². The zero-order valence-electron chi connectivity index (χ0n) is 18.5. The van der Waals surface area contributed by atoms with E-state index in [1.807, 2.05) is 0 Å². The smallest absolute Gasteiger partial charge is 0.422 e. The maximum Gasteiger partial charge on any atom is 0.422 e. The second kappa shape index (κ2) is 9.75. The minimum atomic E-state index is -4.64. The standard InChI is InChI=1S/C22H22F3N3O5S/c1-4-28(16-8-6-5-7-9-16)34(30,31)17-10-11-19(32-13-22(23,24)25)18(12-17)26-21(29)20-14(2)27-33-15(20)3/h5-12H,4,13H2,1-3H3,(H,26,29). The predicted octanol–water partition coefficient (Wildman–Crippen LogP) is 4.70. The lowest BCUT2D eigenvalue weighted by molar-refractivity contribution is -0.153. The molecule has 12 heteroatoms. The van der Waals surface area contributed by atoms with Gasteiger partial charge in [0.1, 0.15) is 17.1 Å². The fourth-order valence-electron chi connectivity index (χ4n) is 3.26. The van der Waals surface area contributed by atoms with Gasteiger partial charge in [-0.2, -0.15) is 13.2 Å². The zero-order chi connectivity index (χ0) is 25.1. The number of halogens is 3. The Morgan fingerprint density at radius 1 is 1.15 bits per heavy atom. The van der Waals surface area contributed by atoms with E-state index in [9.17, 15) is 26.4 Å². The van der Waals surface area contributed by atoms with Crippen LogP contribution in [0.25, 0.3) is 0 Å². The summed E-state index contributed by atoms with van der Waals surface area (Å²) < 4.78 is 75.8. The van der Waals surface area contributed by atoms with E-state index in [0.29, 0.717) is 5.69 Å². The SMILES string of the molecule is CCN(c1ccccc1)S(=O)(=O)c1ccc(OCC(F)(F)F)c(NC(=O)c2c(C)noc2C)c1. The van der Waals surface area contributed by atoms with Crippen LogP contribution >= 0.6 is 0 Å². The van der Waals surface area contributed by atoms with Crippen molar-refractivity contribution in [2.75, 3.05) is 22.8 Å². The third-order valence-electron chi connectivity index (χ3n) is 4.77. The molecule has 0 saturated carbocycles. The normalized spacial score (nSPS) is 11.8. The van der Waals surface area contributed by atoms with E-state index >= 15 is 0 Å². The number of hydrogen-bond acceptors (Lipinski definition) is 6. The summed E-state index contributed by atoms with van der Waals surface area (Å²) in [5.74, 6) is -0.894. The van der Waals surface area contributed by atoms with Crippen LogP contribution < -0.4 is 14.4 Å². The van der Waals surface area contributed by atoms with Gasteiger partial charge in [0.05, 0.1) is 22.0 Å². The number of nitrogens with one attached hydrogen (secondary N) is 1. The number of alkyl halides is 3. The van der Waals surface area contributed by atoms with E-state index in [0.717, 1.165) is 22.5 Å². The number of aromatic nitrogens is 1. The zero-order valence-corrected chi connectivity index (χ0v) is 19.3. The van der Waals surface area contributed by atoms with Gasteiger partial charge >= 0.3 is 6.18 Å². The second-order valence-electron chi connectivity index (χ2n) is 7.22. The summed E-state index contributed by atoms with van der Waals surface area (Å²) in [5, 5.41) is 6.10. The highest BCUT2D eigenvalue weighted by Gasteiger charge is 2.30. The van der Waals surface area contributed by atoms with Crippen molar-refractivity contribution in [3.63, 3.8) is 0 Å². The molecule has 0 aliphatic rings. The maximum absolute atomic E-state index is 13.3. The molecule has 0 spiro atoms. The molecule has 1 amide bonds. The van der Waals surface area contributed by atoms with Gasteiger partial charge in [0.15, 0.2) is 6.61 Å². The van der Waals surface area contributed by atoms with E-state index < -0.39 is 28.7 Å². The molecule has 0 unspecified atom stereocenters. The van der Waals surface area contributed by atoms with Crippen LogP contribution in [0.5, 0.6) is 5.75 Å². The lowest BCUT2D eigenvalue weighted by atomic mass is 10.2. The number of para-hydroxylation sites is 1. The number of anilines is 2. The fourth-order valence-corrected chi connectivity index (χ4v) is 4.76. The molecule has 0 saturated heterocycles. The summed E-state index contributed by atoms with van der Waals surface area (Å²) in [6, 6.07) is 11.6. The van der Waals surface area contributed by atoms with Crippen LogP contribution in [0.4, 0.5) is 24.5 Å². The van der Waals surface area contributed by atoms with Crippen molar-refractivity contribution in [1.82, 2.24) is 5.16 Å². The number of ether oxygens (including phenoxy) is 1. The van der Waals surface area contributed by atoms with Crippen LogP contribution in [0.1, 0.15) is 28.7 Å². The van der Waals surface area contributed by atoms with Gasteiger partial charge in [0, 0.05) is 6.54 Å². The molecule has 3 aromatic rings. The van der Waals surface area contributed by atoms with Crippen molar-refractivity contribution in [3.8, 4) is 5.75 Å². The topological polar surface area (TPSA) is 102 Å². The Hall–Kier alpha value is -3.54. The lowest BCUT2D eigenvalue weighted by Crippen LogP contribution is -2.31. The fraction of sp³-hybridized carbons (Fsp3) is 0.273. The van der Waals surface area contributed by atoms with Gasteiger partial charge in [0.25, 0.3) is 15.9 Å². The Morgan fingerprint density at radius 3 is 2.38 bits per heavy atom. The lowest BCUT2D eigenvalue weighted by Gasteiger charge is -2.23. The quantitative estimate of drug-likeness (QED) is 0.484. The highest BCUT2D eigenvalue weighted by Crippen LogP contribution is 2.32. The molecule has 182 valence electrons. The summed E-state index contributed by atoms with van der Waals surface area (Å²) in [4.78, 5) is 12.6. The summed E-state index contributed by atoms with van der Waals surface area (Å²) in [5.41, 5.74) is 0.496. The summed E-state index contributed by atoms with van der Waals surface area (Å²) in [6.07, 6.45) is -4.64. The Balaban J connectivity index is 2.03. The molecule has 1 aromatic heterocycles. The van der Waals surface area contributed by atoms with Gasteiger partial charge in [-0.25, -0.2) is 8.42 Å². The second-order valence-corrected chi connectivity index (χ2v) is 9.08. The van der Waals surface area contributed by atoms with E-state index in [-0.39, 0.29) is 39.9 Å². The van der Waals surface area contributed by atoms with Gasteiger partial charge in [-0.1, -0.05) is 23.4 Å². The predicted molar refractivity (Wildman–Crippen MR) is 119 cm³/mol. The Kier molecular flexibility index (Phi) is 7.20. The Bertz CT molecular complexity index is 1260. The van der Waals surface area contributed by atoms with Crippen molar-refractivity contribution >= 4 is 27.3 Å². The summed E-state index contributed by atoms with van der Waals surface area (Å²) in [7, 11) is -4.12. The van der Waals surface area contributed by atoms with Crippen LogP contribution in [-0.4, -0.2) is 38.8 Å². The molecule has 0 atom stereocenters. The van der Waals surface area contributed by atoms with Crippen LogP contribution in [0.15, 0.2) is 57.9 Å². The molecule has 2 aromatic carbocycles. The van der Waals surface area contributed by atoms with Crippen LogP contribution in [0.2, 0.25) is 0 Å².